The Balaban J connectivity index is 1.86. The van der Waals surface area contributed by atoms with Crippen LogP contribution in [0.3, 0.4) is 0 Å². The first-order valence-electron chi connectivity index (χ1n) is 10.1. The Labute approximate surface area is 182 Å². The fourth-order valence-electron chi connectivity index (χ4n) is 3.87. The third-order valence-electron chi connectivity index (χ3n) is 5.55. The van der Waals surface area contributed by atoms with Gasteiger partial charge in [-0.25, -0.2) is 4.79 Å². The van der Waals surface area contributed by atoms with Crippen molar-refractivity contribution in [3.05, 3.63) is 52.9 Å². The number of aryl methyl sites for hydroxylation is 1. The lowest BCUT2D eigenvalue weighted by Crippen LogP contribution is -2.40. The summed E-state index contributed by atoms with van der Waals surface area (Å²) in [6, 6.07) is 11.2. The normalized spacial score (nSPS) is 14.7. The molecule has 0 unspecified atom stereocenters. The van der Waals surface area contributed by atoms with Crippen molar-refractivity contribution in [3.63, 3.8) is 0 Å². The summed E-state index contributed by atoms with van der Waals surface area (Å²) in [6.07, 6.45) is 2.26. The van der Waals surface area contributed by atoms with Crippen molar-refractivity contribution in [3.8, 4) is 17.5 Å². The second kappa shape index (κ2) is 9.39. The van der Waals surface area contributed by atoms with Crippen LogP contribution in [0, 0.1) is 25.2 Å². The number of rotatable bonds is 4. The zero-order chi connectivity index (χ0) is 22.5. The SMILES string of the molecule is COc1ccc(-n2c(C)cc(C=C(C#N)C(=O)N3CCCN(C(N)=O)CC3)c2C)cc1. The Morgan fingerprint density at radius 1 is 1.10 bits per heavy atom. The van der Waals surface area contributed by atoms with Gasteiger partial charge in [0.05, 0.1) is 7.11 Å². The van der Waals surface area contributed by atoms with Gasteiger partial charge in [0.25, 0.3) is 5.91 Å². The molecule has 0 bridgehead atoms. The number of nitrogens with two attached hydrogens (primary N) is 1. The van der Waals surface area contributed by atoms with E-state index >= 15 is 0 Å². The van der Waals surface area contributed by atoms with Crippen molar-refractivity contribution in [1.29, 1.82) is 5.26 Å². The molecule has 3 rings (SSSR count). The van der Waals surface area contributed by atoms with Crippen LogP contribution in [-0.2, 0) is 4.79 Å². The molecular weight excluding hydrogens is 394 g/mol. The van der Waals surface area contributed by atoms with Crippen molar-refractivity contribution in [1.82, 2.24) is 14.4 Å². The van der Waals surface area contributed by atoms with E-state index in [1.165, 1.54) is 4.90 Å². The van der Waals surface area contributed by atoms with E-state index in [2.05, 4.69) is 10.6 Å². The first-order valence-corrected chi connectivity index (χ1v) is 10.1. The smallest absolute Gasteiger partial charge is 0.314 e. The Hall–Kier alpha value is -3.73. The zero-order valence-corrected chi connectivity index (χ0v) is 18.1. The summed E-state index contributed by atoms with van der Waals surface area (Å²) < 4.78 is 7.30. The molecule has 8 nitrogen and oxygen atoms in total. The Morgan fingerprint density at radius 3 is 2.35 bits per heavy atom. The molecule has 1 aliphatic heterocycles. The van der Waals surface area contributed by atoms with Gasteiger partial charge in [-0.2, -0.15) is 5.26 Å². The summed E-state index contributed by atoms with van der Waals surface area (Å²) in [4.78, 5) is 27.5. The van der Waals surface area contributed by atoms with Crippen molar-refractivity contribution in [2.45, 2.75) is 20.3 Å². The largest absolute Gasteiger partial charge is 0.497 e. The van der Waals surface area contributed by atoms with Crippen LogP contribution < -0.4 is 10.5 Å². The highest BCUT2D eigenvalue weighted by Gasteiger charge is 2.23. The van der Waals surface area contributed by atoms with Gasteiger partial charge in [-0.05, 0) is 62.2 Å². The van der Waals surface area contributed by atoms with E-state index < -0.39 is 6.03 Å². The van der Waals surface area contributed by atoms with Crippen molar-refractivity contribution in [2.24, 2.45) is 5.73 Å². The van der Waals surface area contributed by atoms with Crippen LogP contribution in [0.2, 0.25) is 0 Å². The van der Waals surface area contributed by atoms with Gasteiger partial charge in [0.1, 0.15) is 17.4 Å². The summed E-state index contributed by atoms with van der Waals surface area (Å²) >= 11 is 0. The number of amides is 3. The Bertz CT molecular complexity index is 1050. The topological polar surface area (TPSA) is 105 Å². The molecule has 1 aromatic heterocycles. The zero-order valence-electron chi connectivity index (χ0n) is 18.1. The summed E-state index contributed by atoms with van der Waals surface area (Å²) in [6.45, 7) is 5.65. The number of methoxy groups -OCH3 is 1. The maximum atomic E-state index is 13.0. The lowest BCUT2D eigenvalue weighted by atomic mass is 10.1. The molecule has 8 heteroatoms. The monoisotopic (exact) mass is 421 g/mol. The number of primary amides is 1. The molecule has 1 saturated heterocycles. The average Bonchev–Trinajstić information content (AvgIpc) is 2.93. The minimum atomic E-state index is -0.490. The highest BCUT2D eigenvalue weighted by atomic mass is 16.5. The summed E-state index contributed by atoms with van der Waals surface area (Å²) in [5.74, 6) is 0.444. The molecule has 0 aliphatic carbocycles. The Kier molecular flexibility index (Phi) is 6.65. The molecule has 1 fully saturated rings. The predicted octanol–water partition coefficient (Wildman–Crippen LogP) is 2.62. The Morgan fingerprint density at radius 2 is 1.74 bits per heavy atom. The van der Waals surface area contributed by atoms with E-state index in [1.807, 2.05) is 44.2 Å². The van der Waals surface area contributed by atoms with Crippen LogP contribution in [0.4, 0.5) is 4.79 Å². The molecular formula is C23H27N5O3. The minimum absolute atomic E-state index is 0.0718. The van der Waals surface area contributed by atoms with Crippen LogP contribution in [0.1, 0.15) is 23.4 Å². The molecule has 0 spiro atoms. The second-order valence-corrected chi connectivity index (χ2v) is 7.50. The molecule has 1 aliphatic rings. The van der Waals surface area contributed by atoms with Crippen molar-refractivity contribution < 1.29 is 14.3 Å². The van der Waals surface area contributed by atoms with Gasteiger partial charge in [-0.3, -0.25) is 4.79 Å². The molecule has 0 radical (unpaired) electrons. The van der Waals surface area contributed by atoms with Gasteiger partial charge in [0.2, 0.25) is 0 Å². The summed E-state index contributed by atoms with van der Waals surface area (Å²) in [5, 5.41) is 9.67. The average molecular weight is 422 g/mol. The van der Waals surface area contributed by atoms with Crippen molar-refractivity contribution in [2.75, 3.05) is 33.3 Å². The molecule has 162 valence electrons. The first kappa shape index (κ1) is 22.0. The van der Waals surface area contributed by atoms with E-state index in [-0.39, 0.29) is 11.5 Å². The van der Waals surface area contributed by atoms with Crippen LogP contribution in [0.5, 0.6) is 5.75 Å². The number of nitriles is 1. The number of ether oxygens (including phenoxy) is 1. The lowest BCUT2D eigenvalue weighted by molar-refractivity contribution is -0.126. The molecule has 1 aromatic carbocycles. The lowest BCUT2D eigenvalue weighted by Gasteiger charge is -2.20. The van der Waals surface area contributed by atoms with Gasteiger partial charge < -0.3 is 24.8 Å². The molecule has 3 amide bonds. The minimum Gasteiger partial charge on any atom is -0.497 e. The fourth-order valence-corrected chi connectivity index (χ4v) is 3.87. The molecule has 2 heterocycles. The molecule has 0 saturated carbocycles. The molecule has 0 atom stereocenters. The quantitative estimate of drug-likeness (QED) is 0.605. The standard InChI is InChI=1S/C23H27N5O3/c1-16-13-18(17(2)28(16)20-5-7-21(31-3)8-6-20)14-19(15-24)22(29)26-9-4-10-27(12-11-26)23(25)30/h5-8,13-14H,4,9-12H2,1-3H3,(H2,25,30). The highest BCUT2D eigenvalue weighted by molar-refractivity contribution is 6.02. The third-order valence-corrected chi connectivity index (χ3v) is 5.55. The van der Waals surface area contributed by atoms with E-state index in [0.29, 0.717) is 32.6 Å². The fraction of sp³-hybridized carbons (Fsp3) is 0.348. The van der Waals surface area contributed by atoms with E-state index in [0.717, 1.165) is 28.4 Å². The van der Waals surface area contributed by atoms with Crippen LogP contribution in [0.25, 0.3) is 11.8 Å². The van der Waals surface area contributed by atoms with Crippen LogP contribution in [0.15, 0.2) is 35.9 Å². The third kappa shape index (κ3) is 4.72. The van der Waals surface area contributed by atoms with E-state index in [1.54, 1.807) is 18.1 Å². The number of carbonyl (C=O) groups is 2. The number of urea groups is 1. The number of aromatic nitrogens is 1. The van der Waals surface area contributed by atoms with Gasteiger partial charge in [0.15, 0.2) is 0 Å². The number of carbonyl (C=O) groups excluding carboxylic acids is 2. The van der Waals surface area contributed by atoms with Gasteiger partial charge in [0, 0.05) is 43.3 Å². The maximum absolute atomic E-state index is 13.0. The van der Waals surface area contributed by atoms with E-state index in [4.69, 9.17) is 10.5 Å². The summed E-state index contributed by atoms with van der Waals surface area (Å²) in [5.41, 5.74) is 9.13. The number of nitrogens with zero attached hydrogens (tertiary/aromatic N) is 4. The van der Waals surface area contributed by atoms with Crippen LogP contribution in [-0.4, -0.2) is 59.6 Å². The first-order chi connectivity index (χ1) is 14.8. The van der Waals surface area contributed by atoms with Gasteiger partial charge in [-0.15, -0.1) is 0 Å². The molecule has 2 aromatic rings. The molecule has 31 heavy (non-hydrogen) atoms. The second-order valence-electron chi connectivity index (χ2n) is 7.50. The highest BCUT2D eigenvalue weighted by Crippen LogP contribution is 2.24. The van der Waals surface area contributed by atoms with Crippen LogP contribution >= 0.6 is 0 Å². The number of hydrogen-bond donors (Lipinski definition) is 1. The predicted molar refractivity (Wildman–Crippen MR) is 118 cm³/mol. The number of benzene rings is 1. The van der Waals surface area contributed by atoms with Gasteiger partial charge in [-0.1, -0.05) is 0 Å². The maximum Gasteiger partial charge on any atom is 0.314 e. The van der Waals surface area contributed by atoms with Crippen molar-refractivity contribution >= 4 is 18.0 Å². The van der Waals surface area contributed by atoms with Gasteiger partial charge >= 0.3 is 6.03 Å². The molecule has 2 N–H and O–H groups in total. The van der Waals surface area contributed by atoms with E-state index in [9.17, 15) is 14.9 Å². The summed E-state index contributed by atoms with van der Waals surface area (Å²) in [7, 11) is 1.63. The number of hydrogen-bond acceptors (Lipinski definition) is 4.